The maximum absolute atomic E-state index is 15.2. The van der Waals surface area contributed by atoms with Crippen LogP contribution in [-0.2, 0) is 4.79 Å². The maximum Gasteiger partial charge on any atom is 0.350 e. The normalized spacial score (nSPS) is 23.7. The molecule has 2 saturated heterocycles. The topological polar surface area (TPSA) is 70.9 Å². The van der Waals surface area contributed by atoms with E-state index in [1.807, 2.05) is 18.7 Å². The Hall–Kier alpha value is -3.50. The lowest BCUT2D eigenvalue weighted by Gasteiger charge is -2.45. The second kappa shape index (κ2) is 12.1. The molecule has 2 aromatic carbocycles. The van der Waals surface area contributed by atoms with E-state index in [4.69, 9.17) is 16.3 Å². The summed E-state index contributed by atoms with van der Waals surface area (Å²) in [6.45, 7) is 14.0. The van der Waals surface area contributed by atoms with Gasteiger partial charge in [-0.2, -0.15) is 4.98 Å². The number of halogens is 3. The lowest BCUT2D eigenvalue weighted by atomic mass is 9.98. The number of aromatic nitrogens is 2. The van der Waals surface area contributed by atoms with Gasteiger partial charge in [0.05, 0.1) is 16.6 Å². The Kier molecular flexibility index (Phi) is 8.41. The largest absolute Gasteiger partial charge is 0.488 e. The van der Waals surface area contributed by atoms with E-state index in [2.05, 4.69) is 23.4 Å². The summed E-state index contributed by atoms with van der Waals surface area (Å²) in [5.74, 6) is -0.216. The van der Waals surface area contributed by atoms with E-state index < -0.39 is 17.3 Å². The van der Waals surface area contributed by atoms with E-state index in [9.17, 15) is 14.0 Å². The van der Waals surface area contributed by atoms with Gasteiger partial charge >= 0.3 is 5.69 Å². The lowest BCUT2D eigenvalue weighted by molar-refractivity contribution is -0.128. The molecule has 1 aromatic heterocycles. The van der Waals surface area contributed by atoms with Gasteiger partial charge in [0.25, 0.3) is 0 Å². The minimum atomic E-state index is -0.776. The highest BCUT2D eigenvalue weighted by atomic mass is 35.5. The van der Waals surface area contributed by atoms with E-state index >= 15 is 4.39 Å². The Balaban J connectivity index is 1.47. The molecule has 0 saturated carbocycles. The van der Waals surface area contributed by atoms with Crippen molar-refractivity contribution in [2.24, 2.45) is 5.92 Å². The van der Waals surface area contributed by atoms with Crippen LogP contribution in [0.4, 0.5) is 14.6 Å². The van der Waals surface area contributed by atoms with Crippen molar-refractivity contribution in [1.29, 1.82) is 0 Å². The second-order valence-corrected chi connectivity index (χ2v) is 12.9. The molecule has 1 amide bonds. The minimum absolute atomic E-state index is 0.0887. The van der Waals surface area contributed by atoms with Crippen LogP contribution in [-0.4, -0.2) is 76.7 Å². The fourth-order valence-electron chi connectivity index (χ4n) is 7.06. The van der Waals surface area contributed by atoms with Crippen molar-refractivity contribution in [2.75, 3.05) is 44.2 Å². The van der Waals surface area contributed by atoms with Gasteiger partial charge in [-0.05, 0) is 76.4 Å². The van der Waals surface area contributed by atoms with Crippen molar-refractivity contribution in [1.82, 2.24) is 19.4 Å². The number of hydrogen-bond donors (Lipinski definition) is 0. The molecule has 3 aromatic rings. The van der Waals surface area contributed by atoms with E-state index in [0.29, 0.717) is 42.1 Å². The van der Waals surface area contributed by atoms with Gasteiger partial charge in [0, 0.05) is 54.3 Å². The smallest absolute Gasteiger partial charge is 0.350 e. The Labute approximate surface area is 260 Å². The van der Waals surface area contributed by atoms with Gasteiger partial charge in [-0.25, -0.2) is 13.6 Å². The molecule has 0 unspecified atom stereocenters. The first kappa shape index (κ1) is 30.5. The summed E-state index contributed by atoms with van der Waals surface area (Å²) in [7, 11) is 0. The Morgan fingerprint density at radius 3 is 2.66 bits per heavy atom. The number of anilines is 1. The highest BCUT2D eigenvalue weighted by Gasteiger charge is 2.36. The number of nitrogens with zero attached hydrogens (tertiary/aromatic N) is 5. The summed E-state index contributed by atoms with van der Waals surface area (Å²) >= 11 is 6.87. The van der Waals surface area contributed by atoms with Gasteiger partial charge in [0.1, 0.15) is 24.1 Å². The average molecular weight is 626 g/mol. The van der Waals surface area contributed by atoms with Crippen LogP contribution in [0.15, 0.2) is 41.7 Å². The molecule has 3 aliphatic rings. The predicted octanol–water partition coefficient (Wildman–Crippen LogP) is 5.66. The number of benzene rings is 2. The van der Waals surface area contributed by atoms with Crippen LogP contribution in [0.25, 0.3) is 22.0 Å². The number of piperazine rings is 1. The number of likely N-dealkylation sites (tertiary alicyclic amines) is 1. The molecular formula is C33H38ClF2N5O3. The van der Waals surface area contributed by atoms with Gasteiger partial charge in [-0.3, -0.25) is 9.36 Å². The van der Waals surface area contributed by atoms with Crippen molar-refractivity contribution >= 4 is 34.2 Å². The molecule has 4 heterocycles. The van der Waals surface area contributed by atoms with Crippen molar-refractivity contribution in [2.45, 2.75) is 58.2 Å². The van der Waals surface area contributed by atoms with Gasteiger partial charge in [-0.15, -0.1) is 0 Å². The van der Waals surface area contributed by atoms with Gasteiger partial charge < -0.3 is 19.4 Å². The average Bonchev–Trinajstić information content (AvgIpc) is 3.41. The van der Waals surface area contributed by atoms with Crippen LogP contribution in [0.1, 0.15) is 46.1 Å². The fraction of sp³-hybridized carbons (Fsp3) is 0.485. The molecule has 0 radical (unpaired) electrons. The highest BCUT2D eigenvalue weighted by Crippen LogP contribution is 2.47. The van der Waals surface area contributed by atoms with Crippen molar-refractivity contribution in [3.63, 3.8) is 0 Å². The summed E-state index contributed by atoms with van der Waals surface area (Å²) < 4.78 is 37.1. The minimum Gasteiger partial charge on any atom is -0.488 e. The number of rotatable bonds is 7. The van der Waals surface area contributed by atoms with Crippen LogP contribution in [0, 0.1) is 17.6 Å². The first-order chi connectivity index (χ1) is 21.1. The molecular weight excluding hydrogens is 588 g/mol. The van der Waals surface area contributed by atoms with Gasteiger partial charge in [0.15, 0.2) is 5.75 Å². The van der Waals surface area contributed by atoms with Crippen LogP contribution >= 0.6 is 11.6 Å². The summed E-state index contributed by atoms with van der Waals surface area (Å²) in [5, 5.41) is 0.811. The third-order valence-electron chi connectivity index (χ3n) is 9.32. The molecule has 0 N–H and O–H groups in total. The number of carbonyl (C=O) groups is 1. The summed E-state index contributed by atoms with van der Waals surface area (Å²) in [4.78, 5) is 37.3. The third kappa shape index (κ3) is 5.47. The Bertz CT molecular complexity index is 1680. The first-order valence-electron chi connectivity index (χ1n) is 15.4. The predicted molar refractivity (Wildman–Crippen MR) is 169 cm³/mol. The molecule has 0 spiro atoms. The van der Waals surface area contributed by atoms with E-state index in [-0.39, 0.29) is 52.5 Å². The standard InChI is InChI=1S/C33H38ClF2N5O3/c1-5-28(42)39-16-21(4)40(17-20(39)3)32-25-14-26(34)29(24-9-8-22(35)13-27(24)36)31-30(25)41(33(43)37-32)23(18-44-31)7-6-11-38-12-10-19(2)15-38/h5,8-9,13-14,19-21,23H,1,6-7,10-12,15-18H2,2-4H3/t19-,20+,21-,23+/m0/s1. The number of hydrogen-bond acceptors (Lipinski definition) is 6. The van der Waals surface area contributed by atoms with Crippen LogP contribution in [0.5, 0.6) is 5.75 Å². The molecule has 44 heavy (non-hydrogen) atoms. The van der Waals surface area contributed by atoms with E-state index in [0.717, 1.165) is 32.1 Å². The Morgan fingerprint density at radius 2 is 1.95 bits per heavy atom. The van der Waals surface area contributed by atoms with Gasteiger partial charge in [0.2, 0.25) is 5.91 Å². The SMILES string of the molecule is C=CC(=O)N1C[C@H](C)N(c2nc(=O)n3c4c(c(-c5ccc(F)cc5F)c(Cl)cc24)OC[C@H]3CCCN2CC[C@H](C)C2)C[C@H]1C. The summed E-state index contributed by atoms with van der Waals surface area (Å²) in [6, 6.07) is 4.42. The van der Waals surface area contributed by atoms with Crippen molar-refractivity contribution < 1.29 is 18.3 Å². The Morgan fingerprint density at radius 1 is 1.16 bits per heavy atom. The quantitative estimate of drug-likeness (QED) is 0.316. The number of carbonyl (C=O) groups excluding carboxylic acids is 1. The van der Waals surface area contributed by atoms with Crippen LogP contribution in [0.2, 0.25) is 5.02 Å². The van der Waals surface area contributed by atoms with E-state index in [1.165, 1.54) is 24.6 Å². The fourth-order valence-corrected chi connectivity index (χ4v) is 7.36. The molecule has 4 atom stereocenters. The molecule has 11 heteroatoms. The summed E-state index contributed by atoms with van der Waals surface area (Å²) in [6.07, 6.45) is 4.09. The number of ether oxygens (including phenoxy) is 1. The molecule has 234 valence electrons. The highest BCUT2D eigenvalue weighted by molar-refractivity contribution is 6.35. The zero-order valence-corrected chi connectivity index (χ0v) is 26.1. The van der Waals surface area contributed by atoms with Crippen LogP contribution in [0.3, 0.4) is 0 Å². The zero-order valence-electron chi connectivity index (χ0n) is 25.4. The molecule has 6 rings (SSSR count). The third-order valence-corrected chi connectivity index (χ3v) is 9.62. The van der Waals surface area contributed by atoms with Crippen molar-refractivity contribution in [3.05, 3.63) is 64.1 Å². The maximum atomic E-state index is 15.2. The zero-order chi connectivity index (χ0) is 31.3. The monoisotopic (exact) mass is 625 g/mol. The second-order valence-electron chi connectivity index (χ2n) is 12.5. The molecule has 0 bridgehead atoms. The molecule has 2 fully saturated rings. The van der Waals surface area contributed by atoms with E-state index in [1.54, 1.807) is 15.5 Å². The molecule has 0 aliphatic carbocycles. The van der Waals surface area contributed by atoms with Gasteiger partial charge in [-0.1, -0.05) is 25.1 Å². The molecule has 3 aliphatic heterocycles. The molecule has 8 nitrogen and oxygen atoms in total. The lowest BCUT2D eigenvalue weighted by Crippen LogP contribution is -2.58. The van der Waals surface area contributed by atoms with Crippen molar-refractivity contribution in [3.8, 4) is 16.9 Å². The van der Waals surface area contributed by atoms with Crippen LogP contribution < -0.4 is 15.3 Å². The number of amides is 1. The first-order valence-corrected chi connectivity index (χ1v) is 15.7. The summed E-state index contributed by atoms with van der Waals surface area (Å²) in [5.41, 5.74) is 0.438.